The Morgan fingerprint density at radius 2 is 1.81 bits per heavy atom. The Bertz CT molecular complexity index is 1260. The van der Waals surface area contributed by atoms with Gasteiger partial charge in [0.1, 0.15) is 6.54 Å². The third kappa shape index (κ3) is 4.64. The highest BCUT2D eigenvalue weighted by atomic mass is 16.7. The van der Waals surface area contributed by atoms with Gasteiger partial charge in [0.25, 0.3) is 17.0 Å². The van der Waals surface area contributed by atoms with Crippen LogP contribution in [0.15, 0.2) is 64.2 Å². The minimum absolute atomic E-state index is 0.168. The van der Waals surface area contributed by atoms with Crippen LogP contribution in [-0.2, 0) is 17.9 Å². The molecule has 0 saturated heterocycles. The molecule has 0 radical (unpaired) electrons. The molecule has 3 N–H and O–H groups in total. The van der Waals surface area contributed by atoms with Gasteiger partial charge in [-0.15, -0.1) is 0 Å². The minimum Gasteiger partial charge on any atom is -0.454 e. The van der Waals surface area contributed by atoms with Crippen molar-refractivity contribution in [3.63, 3.8) is 0 Å². The molecule has 0 bridgehead atoms. The normalized spacial score (nSPS) is 11.7. The fourth-order valence-corrected chi connectivity index (χ4v) is 3.03. The van der Waals surface area contributed by atoms with Crippen LogP contribution in [0.5, 0.6) is 11.5 Å². The number of aromatic amines is 1. The van der Waals surface area contributed by atoms with Crippen LogP contribution in [0.25, 0.3) is 0 Å². The summed E-state index contributed by atoms with van der Waals surface area (Å²) in [7, 11) is 0. The lowest BCUT2D eigenvalue weighted by molar-refractivity contribution is -0.117. The van der Waals surface area contributed by atoms with Crippen LogP contribution in [-0.4, -0.2) is 28.4 Å². The molecule has 1 aliphatic heterocycles. The number of amides is 2. The molecule has 10 nitrogen and oxygen atoms in total. The number of carbonyl (C=O) groups is 2. The van der Waals surface area contributed by atoms with Gasteiger partial charge in [0.05, 0.1) is 11.3 Å². The number of rotatable bonds is 6. The smallest absolute Gasteiger partial charge is 0.265 e. The fraction of sp³-hybridized carbons (Fsp3) is 0.143. The number of fused-ring (bicyclic) bond motifs is 1. The Balaban J connectivity index is 1.43. The van der Waals surface area contributed by atoms with E-state index in [0.717, 1.165) is 22.4 Å². The van der Waals surface area contributed by atoms with E-state index in [1.807, 2.05) is 6.07 Å². The highest BCUT2D eigenvalue weighted by molar-refractivity contribution is 6.03. The van der Waals surface area contributed by atoms with Gasteiger partial charge in [0, 0.05) is 18.7 Å². The van der Waals surface area contributed by atoms with Crippen molar-refractivity contribution in [1.82, 2.24) is 15.1 Å². The van der Waals surface area contributed by atoms with Crippen LogP contribution >= 0.6 is 0 Å². The van der Waals surface area contributed by atoms with Crippen molar-refractivity contribution in [3.8, 4) is 11.5 Å². The molecule has 0 unspecified atom stereocenters. The lowest BCUT2D eigenvalue weighted by Crippen LogP contribution is -2.33. The van der Waals surface area contributed by atoms with Crippen molar-refractivity contribution in [1.29, 1.82) is 0 Å². The summed E-state index contributed by atoms with van der Waals surface area (Å²) in [5.41, 5.74) is 0.333. The lowest BCUT2D eigenvalue weighted by atomic mass is 10.1. The average molecular weight is 422 g/mol. The second kappa shape index (κ2) is 8.57. The second-order valence-electron chi connectivity index (χ2n) is 6.70. The number of hydrogen-bond donors (Lipinski definition) is 3. The molecule has 4 rings (SSSR count). The number of aromatic nitrogens is 2. The summed E-state index contributed by atoms with van der Waals surface area (Å²) in [5, 5.41) is 7.67. The molecule has 3 aromatic rings. The highest BCUT2D eigenvalue weighted by Gasteiger charge is 2.16. The monoisotopic (exact) mass is 422 g/mol. The van der Waals surface area contributed by atoms with Crippen molar-refractivity contribution in [2.24, 2.45) is 0 Å². The SMILES string of the molecule is O=C(Cn1[nH]c(=O)ccc1=O)Nc1ccccc1C(=O)NCc1ccc2c(c1)OCO2. The summed E-state index contributed by atoms with van der Waals surface area (Å²) in [5.74, 6) is 0.314. The topological polar surface area (TPSA) is 132 Å². The number of nitrogens with zero attached hydrogens (tertiary/aromatic N) is 1. The molecule has 2 heterocycles. The first-order chi connectivity index (χ1) is 15.0. The van der Waals surface area contributed by atoms with E-state index in [1.54, 1.807) is 36.4 Å². The molecule has 0 aliphatic carbocycles. The molecular formula is C21H18N4O6. The van der Waals surface area contributed by atoms with Gasteiger partial charge >= 0.3 is 0 Å². The van der Waals surface area contributed by atoms with E-state index in [1.165, 1.54) is 0 Å². The molecule has 0 atom stereocenters. The Morgan fingerprint density at radius 1 is 1.00 bits per heavy atom. The van der Waals surface area contributed by atoms with Crippen LogP contribution in [0.2, 0.25) is 0 Å². The van der Waals surface area contributed by atoms with Crippen molar-refractivity contribution >= 4 is 17.5 Å². The first-order valence-electron chi connectivity index (χ1n) is 9.35. The molecule has 1 aliphatic rings. The second-order valence-corrected chi connectivity index (χ2v) is 6.70. The van der Waals surface area contributed by atoms with Crippen molar-refractivity contribution in [2.45, 2.75) is 13.1 Å². The molecule has 0 saturated carbocycles. The highest BCUT2D eigenvalue weighted by Crippen LogP contribution is 2.32. The number of ether oxygens (including phenoxy) is 2. The van der Waals surface area contributed by atoms with E-state index >= 15 is 0 Å². The minimum atomic E-state index is -0.569. The maximum Gasteiger partial charge on any atom is 0.265 e. The summed E-state index contributed by atoms with van der Waals surface area (Å²) >= 11 is 0. The lowest BCUT2D eigenvalue weighted by Gasteiger charge is -2.12. The van der Waals surface area contributed by atoms with E-state index in [-0.39, 0.29) is 30.5 Å². The summed E-state index contributed by atoms with van der Waals surface area (Å²) in [4.78, 5) is 48.2. The van der Waals surface area contributed by atoms with Crippen LogP contribution < -0.4 is 31.2 Å². The number of benzene rings is 2. The molecule has 10 heteroatoms. The van der Waals surface area contributed by atoms with Crippen molar-refractivity contribution < 1.29 is 19.1 Å². The standard InChI is InChI=1S/C21H18N4O6/c26-18-7-8-20(28)25(24-18)11-19(27)23-15-4-2-1-3-14(15)21(29)22-10-13-5-6-16-17(9-13)31-12-30-16/h1-9H,10-12H2,(H,22,29)(H,23,27)(H,24,26). The molecule has 0 fully saturated rings. The van der Waals surface area contributed by atoms with Gasteiger partial charge in [-0.25, -0.2) is 4.68 Å². The quantitative estimate of drug-likeness (QED) is 0.539. The van der Waals surface area contributed by atoms with Gasteiger partial charge < -0.3 is 20.1 Å². The van der Waals surface area contributed by atoms with Gasteiger partial charge in [-0.3, -0.25) is 24.3 Å². The number of H-pyrrole nitrogens is 1. The number of anilines is 1. The maximum absolute atomic E-state index is 12.7. The number of nitrogens with one attached hydrogen (secondary N) is 3. The first-order valence-corrected chi connectivity index (χ1v) is 9.35. The van der Waals surface area contributed by atoms with Crippen LogP contribution in [0, 0.1) is 0 Å². The Kier molecular flexibility index (Phi) is 5.52. The zero-order valence-electron chi connectivity index (χ0n) is 16.2. The summed E-state index contributed by atoms with van der Waals surface area (Å²) in [6, 6.07) is 14.0. The predicted molar refractivity (Wildman–Crippen MR) is 110 cm³/mol. The molecule has 2 aromatic carbocycles. The van der Waals surface area contributed by atoms with Crippen molar-refractivity contribution in [2.75, 3.05) is 12.1 Å². The molecule has 0 spiro atoms. The number of carbonyl (C=O) groups excluding carboxylic acids is 2. The van der Waals surface area contributed by atoms with Gasteiger partial charge in [-0.05, 0) is 29.8 Å². The van der Waals surface area contributed by atoms with E-state index in [0.29, 0.717) is 11.5 Å². The summed E-state index contributed by atoms with van der Waals surface area (Å²) < 4.78 is 11.5. The zero-order chi connectivity index (χ0) is 21.8. The van der Waals surface area contributed by atoms with Crippen LogP contribution in [0.3, 0.4) is 0 Å². The first kappa shape index (κ1) is 20.0. The van der Waals surface area contributed by atoms with E-state index in [9.17, 15) is 19.2 Å². The van der Waals surface area contributed by atoms with Crippen molar-refractivity contribution in [3.05, 3.63) is 86.4 Å². The molecular weight excluding hydrogens is 404 g/mol. The van der Waals surface area contributed by atoms with Gasteiger partial charge in [-0.2, -0.15) is 0 Å². The molecule has 158 valence electrons. The number of hydrogen-bond acceptors (Lipinski definition) is 6. The van der Waals surface area contributed by atoms with Gasteiger partial charge in [-0.1, -0.05) is 18.2 Å². The molecule has 1 aromatic heterocycles. The third-order valence-electron chi connectivity index (χ3n) is 4.53. The Morgan fingerprint density at radius 3 is 2.68 bits per heavy atom. The Hall–Kier alpha value is -4.34. The fourth-order valence-electron chi connectivity index (χ4n) is 3.03. The maximum atomic E-state index is 12.7. The van der Waals surface area contributed by atoms with E-state index < -0.39 is 23.6 Å². The number of para-hydroxylation sites is 1. The van der Waals surface area contributed by atoms with Crippen LogP contribution in [0.4, 0.5) is 5.69 Å². The summed E-state index contributed by atoms with van der Waals surface area (Å²) in [6.45, 7) is 0.0156. The third-order valence-corrected chi connectivity index (χ3v) is 4.53. The van der Waals surface area contributed by atoms with Crippen LogP contribution in [0.1, 0.15) is 15.9 Å². The van der Waals surface area contributed by atoms with Gasteiger partial charge in [0.2, 0.25) is 12.7 Å². The van der Waals surface area contributed by atoms with Gasteiger partial charge in [0.15, 0.2) is 11.5 Å². The molecule has 2 amide bonds. The zero-order valence-corrected chi connectivity index (χ0v) is 16.2. The largest absolute Gasteiger partial charge is 0.454 e. The predicted octanol–water partition coefficient (Wildman–Crippen LogP) is 0.834. The Labute approximate surface area is 175 Å². The average Bonchev–Trinajstić information content (AvgIpc) is 3.23. The van der Waals surface area contributed by atoms with E-state index in [2.05, 4.69) is 15.7 Å². The van der Waals surface area contributed by atoms with E-state index in [4.69, 9.17) is 9.47 Å². The molecule has 31 heavy (non-hydrogen) atoms. The summed E-state index contributed by atoms with van der Waals surface area (Å²) in [6.07, 6.45) is 0.